The Kier molecular flexibility index (Phi) is 6.79. The van der Waals surface area contributed by atoms with Crippen LogP contribution in [0.1, 0.15) is 61.0 Å². The second-order valence-electron chi connectivity index (χ2n) is 11.5. The normalized spacial score (nSPS) is 20.8. The lowest BCUT2D eigenvalue weighted by molar-refractivity contribution is -0.136. The Bertz CT molecular complexity index is 1630. The van der Waals surface area contributed by atoms with Gasteiger partial charge in [0.15, 0.2) is 0 Å². The molecule has 2 atom stereocenters. The lowest BCUT2D eigenvalue weighted by Crippen LogP contribution is -2.45. The van der Waals surface area contributed by atoms with Crippen LogP contribution in [-0.4, -0.2) is 47.6 Å². The number of pyridine rings is 1. The molecule has 0 N–H and O–H groups in total. The summed E-state index contributed by atoms with van der Waals surface area (Å²) in [6.07, 6.45) is 2.36. The molecule has 2 aliphatic rings. The minimum absolute atomic E-state index is 0.0350. The molecule has 218 valence electrons. The van der Waals surface area contributed by atoms with Crippen molar-refractivity contribution in [2.45, 2.75) is 57.2 Å². The van der Waals surface area contributed by atoms with Gasteiger partial charge in [0, 0.05) is 57.3 Å². The molecule has 1 aliphatic carbocycles. The van der Waals surface area contributed by atoms with Crippen molar-refractivity contribution in [1.82, 2.24) is 28.6 Å². The van der Waals surface area contributed by atoms with Gasteiger partial charge in [-0.15, -0.1) is 10.2 Å². The molecule has 2 fully saturated rings. The summed E-state index contributed by atoms with van der Waals surface area (Å²) in [4.78, 5) is 15.3. The van der Waals surface area contributed by atoms with E-state index in [1.165, 1.54) is 23.9 Å². The molecule has 41 heavy (non-hydrogen) atoms. The van der Waals surface area contributed by atoms with Crippen molar-refractivity contribution >= 4 is 5.52 Å². The highest BCUT2D eigenvalue weighted by atomic mass is 19.4. The van der Waals surface area contributed by atoms with Crippen molar-refractivity contribution in [2.24, 2.45) is 18.9 Å². The van der Waals surface area contributed by atoms with Crippen LogP contribution >= 0.6 is 0 Å². The third kappa shape index (κ3) is 5.06. The summed E-state index contributed by atoms with van der Waals surface area (Å²) in [7, 11) is 1.88. The molecule has 7 nitrogen and oxygen atoms in total. The SMILES string of the molecule is CC1CN(Cc2cc(C(F)(F)F)c3cn(-c4cccc(C(c5nncn5C)C5CCC5)c4)c(=O)n3c2)CCC1(F)F. The maximum atomic E-state index is 14.2. The fraction of sp³-hybridized carbons (Fsp3) is 0.483. The molecule has 3 aromatic heterocycles. The number of fused-ring (bicyclic) bond motifs is 1. The van der Waals surface area contributed by atoms with Gasteiger partial charge >= 0.3 is 11.9 Å². The number of rotatable bonds is 6. The number of aromatic nitrogens is 5. The Morgan fingerprint density at radius 3 is 2.56 bits per heavy atom. The summed E-state index contributed by atoms with van der Waals surface area (Å²) in [5, 5.41) is 8.36. The molecule has 1 aromatic carbocycles. The average Bonchev–Trinajstić information content (AvgIpc) is 3.45. The molecule has 6 rings (SSSR count). The van der Waals surface area contributed by atoms with Crippen LogP contribution in [-0.2, 0) is 19.8 Å². The van der Waals surface area contributed by atoms with Crippen LogP contribution in [0.25, 0.3) is 11.2 Å². The molecular formula is C29H31F5N6O. The number of imidazole rings is 1. The van der Waals surface area contributed by atoms with Crippen molar-refractivity contribution < 1.29 is 22.0 Å². The summed E-state index contributed by atoms with van der Waals surface area (Å²) in [6.45, 7) is 1.60. The second kappa shape index (κ2) is 10.1. The highest BCUT2D eigenvalue weighted by molar-refractivity contribution is 5.58. The summed E-state index contributed by atoms with van der Waals surface area (Å²) in [6, 6.07) is 8.30. The number of piperidine rings is 1. The van der Waals surface area contributed by atoms with Crippen molar-refractivity contribution in [2.75, 3.05) is 13.1 Å². The molecule has 1 aliphatic heterocycles. The van der Waals surface area contributed by atoms with Crippen molar-refractivity contribution in [1.29, 1.82) is 0 Å². The zero-order chi connectivity index (χ0) is 29.1. The van der Waals surface area contributed by atoms with E-state index in [0.717, 1.165) is 41.1 Å². The highest BCUT2D eigenvalue weighted by Gasteiger charge is 2.41. The Hall–Kier alpha value is -3.54. The first kappa shape index (κ1) is 27.6. The minimum Gasteiger partial charge on any atom is -0.320 e. The van der Waals surface area contributed by atoms with E-state index in [1.807, 2.05) is 23.7 Å². The lowest BCUT2D eigenvalue weighted by Gasteiger charge is -2.36. The number of alkyl halides is 5. The first-order chi connectivity index (χ1) is 19.4. The Morgan fingerprint density at radius 2 is 1.93 bits per heavy atom. The topological polar surface area (TPSA) is 60.4 Å². The van der Waals surface area contributed by atoms with Gasteiger partial charge in [0.05, 0.1) is 16.8 Å². The third-order valence-corrected chi connectivity index (χ3v) is 8.70. The van der Waals surface area contributed by atoms with Crippen LogP contribution in [0.15, 0.2) is 53.8 Å². The van der Waals surface area contributed by atoms with Gasteiger partial charge in [0.2, 0.25) is 0 Å². The fourth-order valence-corrected chi connectivity index (χ4v) is 6.16. The molecular weight excluding hydrogens is 543 g/mol. The summed E-state index contributed by atoms with van der Waals surface area (Å²) in [5.74, 6) is -2.61. The van der Waals surface area contributed by atoms with Gasteiger partial charge in [-0.2, -0.15) is 13.2 Å². The number of nitrogens with zero attached hydrogens (tertiary/aromatic N) is 6. The molecule has 2 unspecified atom stereocenters. The van der Waals surface area contributed by atoms with E-state index >= 15 is 0 Å². The van der Waals surface area contributed by atoms with Gasteiger partial charge in [-0.1, -0.05) is 25.5 Å². The van der Waals surface area contributed by atoms with E-state index in [1.54, 1.807) is 23.4 Å². The number of likely N-dealkylation sites (tertiary alicyclic amines) is 1. The standard InChI is InChI=1S/C29H31F5N6O/c1-18-13-38(10-9-28(18,30)31)14-19-11-23(29(32,33)34)24-16-39(27(41)40(24)15-19)22-8-4-7-21(12-22)25(20-5-3-6-20)26-36-35-17-37(26)2/h4,7-8,11-12,15-18,20,25H,3,5-6,9-10,13-14H2,1-2H3. The number of hydrogen-bond acceptors (Lipinski definition) is 4. The molecule has 0 amide bonds. The van der Waals surface area contributed by atoms with E-state index in [0.29, 0.717) is 11.6 Å². The number of benzene rings is 1. The number of aryl methyl sites for hydroxylation is 1. The van der Waals surface area contributed by atoms with Crippen LogP contribution in [0, 0.1) is 11.8 Å². The van der Waals surface area contributed by atoms with E-state index in [9.17, 15) is 26.7 Å². The summed E-state index contributed by atoms with van der Waals surface area (Å²) < 4.78 is 74.7. The van der Waals surface area contributed by atoms with E-state index in [2.05, 4.69) is 10.2 Å². The Labute approximate surface area is 233 Å². The van der Waals surface area contributed by atoms with Gasteiger partial charge in [0.25, 0.3) is 5.92 Å². The van der Waals surface area contributed by atoms with Crippen molar-refractivity contribution in [3.05, 3.63) is 82.1 Å². The predicted octanol–water partition coefficient (Wildman–Crippen LogP) is 5.65. The zero-order valence-corrected chi connectivity index (χ0v) is 22.8. The van der Waals surface area contributed by atoms with E-state index in [4.69, 9.17) is 0 Å². The van der Waals surface area contributed by atoms with Gasteiger partial charge in [-0.25, -0.2) is 13.6 Å². The molecule has 0 radical (unpaired) electrons. The van der Waals surface area contributed by atoms with Gasteiger partial charge in [-0.3, -0.25) is 13.9 Å². The van der Waals surface area contributed by atoms with Crippen LogP contribution in [0.2, 0.25) is 0 Å². The monoisotopic (exact) mass is 574 g/mol. The first-order valence-corrected chi connectivity index (χ1v) is 13.8. The number of halogens is 5. The maximum Gasteiger partial charge on any atom is 0.418 e. The fourth-order valence-electron chi connectivity index (χ4n) is 6.16. The molecule has 0 bridgehead atoms. The molecule has 1 saturated carbocycles. The van der Waals surface area contributed by atoms with E-state index in [-0.39, 0.29) is 43.1 Å². The van der Waals surface area contributed by atoms with Crippen LogP contribution < -0.4 is 5.69 Å². The van der Waals surface area contributed by atoms with Crippen molar-refractivity contribution in [3.63, 3.8) is 0 Å². The van der Waals surface area contributed by atoms with Gasteiger partial charge in [-0.05, 0) is 48.1 Å². The molecule has 12 heteroatoms. The Balaban J connectivity index is 1.40. The molecule has 1 saturated heterocycles. The van der Waals surface area contributed by atoms with Crippen molar-refractivity contribution in [3.8, 4) is 5.69 Å². The quantitative estimate of drug-likeness (QED) is 0.280. The first-order valence-electron chi connectivity index (χ1n) is 13.8. The molecule has 4 aromatic rings. The summed E-state index contributed by atoms with van der Waals surface area (Å²) in [5.41, 5.74) is -0.240. The highest BCUT2D eigenvalue weighted by Crippen LogP contribution is 2.43. The largest absolute Gasteiger partial charge is 0.418 e. The maximum absolute atomic E-state index is 14.2. The molecule has 0 spiro atoms. The summed E-state index contributed by atoms with van der Waals surface area (Å²) >= 11 is 0. The van der Waals surface area contributed by atoms with Gasteiger partial charge < -0.3 is 4.57 Å². The molecule has 4 heterocycles. The van der Waals surface area contributed by atoms with Crippen LogP contribution in [0.5, 0.6) is 0 Å². The zero-order valence-electron chi connectivity index (χ0n) is 22.8. The number of hydrogen-bond donors (Lipinski definition) is 0. The lowest BCUT2D eigenvalue weighted by atomic mass is 9.72. The minimum atomic E-state index is -4.72. The van der Waals surface area contributed by atoms with E-state index < -0.39 is 29.3 Å². The third-order valence-electron chi connectivity index (χ3n) is 8.70. The van der Waals surface area contributed by atoms with Crippen LogP contribution in [0.3, 0.4) is 0 Å². The predicted molar refractivity (Wildman–Crippen MR) is 142 cm³/mol. The average molecular weight is 575 g/mol. The Morgan fingerprint density at radius 1 is 1.15 bits per heavy atom. The second-order valence-corrected chi connectivity index (χ2v) is 11.5. The van der Waals surface area contributed by atoms with Crippen LogP contribution in [0.4, 0.5) is 22.0 Å². The smallest absolute Gasteiger partial charge is 0.320 e. The van der Waals surface area contributed by atoms with Gasteiger partial charge in [0.1, 0.15) is 12.2 Å².